The standard InChI is InChI=1S/C16H19FN2O2/c1-11-8-14(20-2)9-13(19-11)10-21-16-12(6-7-18)4-3-5-15(16)17/h3-5,8-9H,6-7,10,18H2,1-2H3. The molecule has 1 aromatic carbocycles. The number of ether oxygens (including phenoxy) is 2. The quantitative estimate of drug-likeness (QED) is 0.888. The summed E-state index contributed by atoms with van der Waals surface area (Å²) in [5.41, 5.74) is 7.81. The average molecular weight is 290 g/mol. The zero-order valence-corrected chi connectivity index (χ0v) is 12.2. The maximum absolute atomic E-state index is 13.9. The monoisotopic (exact) mass is 290 g/mol. The summed E-state index contributed by atoms with van der Waals surface area (Å²) in [5, 5.41) is 0. The molecule has 0 unspecified atom stereocenters. The lowest BCUT2D eigenvalue weighted by Gasteiger charge is -2.12. The molecule has 0 saturated carbocycles. The van der Waals surface area contributed by atoms with Gasteiger partial charge in [0.2, 0.25) is 0 Å². The van der Waals surface area contributed by atoms with Crippen LogP contribution >= 0.6 is 0 Å². The van der Waals surface area contributed by atoms with Crippen LogP contribution in [-0.4, -0.2) is 18.6 Å². The lowest BCUT2D eigenvalue weighted by Crippen LogP contribution is -2.07. The highest BCUT2D eigenvalue weighted by Crippen LogP contribution is 2.24. The second-order valence-corrected chi connectivity index (χ2v) is 4.70. The molecule has 0 saturated heterocycles. The van der Waals surface area contributed by atoms with Gasteiger partial charge in [-0.05, 0) is 31.5 Å². The normalized spacial score (nSPS) is 10.5. The molecule has 0 fully saturated rings. The predicted molar refractivity (Wildman–Crippen MR) is 79.0 cm³/mol. The summed E-state index contributed by atoms with van der Waals surface area (Å²) in [6.07, 6.45) is 0.567. The number of halogens is 1. The first-order chi connectivity index (χ1) is 10.1. The van der Waals surface area contributed by atoms with E-state index in [4.69, 9.17) is 15.2 Å². The van der Waals surface area contributed by atoms with E-state index in [9.17, 15) is 4.39 Å². The molecule has 0 aliphatic rings. The van der Waals surface area contributed by atoms with Crippen LogP contribution in [0.3, 0.4) is 0 Å². The summed E-state index contributed by atoms with van der Waals surface area (Å²) in [7, 11) is 1.59. The molecule has 0 spiro atoms. The molecule has 21 heavy (non-hydrogen) atoms. The Morgan fingerprint density at radius 1 is 1.29 bits per heavy atom. The smallest absolute Gasteiger partial charge is 0.165 e. The second-order valence-electron chi connectivity index (χ2n) is 4.70. The van der Waals surface area contributed by atoms with Gasteiger partial charge in [0.1, 0.15) is 12.4 Å². The summed E-state index contributed by atoms with van der Waals surface area (Å²) in [5.74, 6) is 0.558. The molecule has 0 aliphatic heterocycles. The summed E-state index contributed by atoms with van der Waals surface area (Å²) < 4.78 is 24.7. The number of nitrogens with zero attached hydrogens (tertiary/aromatic N) is 1. The van der Waals surface area contributed by atoms with Crippen LogP contribution in [0.15, 0.2) is 30.3 Å². The van der Waals surface area contributed by atoms with Gasteiger partial charge in [0.25, 0.3) is 0 Å². The summed E-state index contributed by atoms with van der Waals surface area (Å²) in [6, 6.07) is 8.44. The Morgan fingerprint density at radius 2 is 2.10 bits per heavy atom. The van der Waals surface area contributed by atoms with Crippen molar-refractivity contribution in [3.63, 3.8) is 0 Å². The Morgan fingerprint density at radius 3 is 2.81 bits per heavy atom. The Kier molecular flexibility index (Phi) is 5.11. The van der Waals surface area contributed by atoms with Crippen LogP contribution in [0.2, 0.25) is 0 Å². The third-order valence-electron chi connectivity index (χ3n) is 3.04. The van der Waals surface area contributed by atoms with Crippen LogP contribution in [-0.2, 0) is 13.0 Å². The van der Waals surface area contributed by atoms with Gasteiger partial charge in [0.15, 0.2) is 11.6 Å². The van der Waals surface area contributed by atoms with Gasteiger partial charge in [0, 0.05) is 17.8 Å². The molecular weight excluding hydrogens is 271 g/mol. The minimum absolute atomic E-state index is 0.177. The maximum Gasteiger partial charge on any atom is 0.165 e. The minimum Gasteiger partial charge on any atom is -0.497 e. The SMILES string of the molecule is COc1cc(C)nc(COc2c(F)cccc2CCN)c1. The third kappa shape index (κ3) is 3.92. The lowest BCUT2D eigenvalue weighted by atomic mass is 10.1. The molecule has 2 rings (SSSR count). The number of benzene rings is 1. The highest BCUT2D eigenvalue weighted by Gasteiger charge is 2.10. The first kappa shape index (κ1) is 15.3. The zero-order valence-electron chi connectivity index (χ0n) is 12.2. The Hall–Kier alpha value is -2.14. The molecule has 1 heterocycles. The highest BCUT2D eigenvalue weighted by molar-refractivity contribution is 5.35. The highest BCUT2D eigenvalue weighted by atomic mass is 19.1. The molecule has 0 radical (unpaired) electrons. The molecule has 0 amide bonds. The molecule has 4 nitrogen and oxygen atoms in total. The fourth-order valence-electron chi connectivity index (χ4n) is 2.11. The van der Waals surface area contributed by atoms with Crippen molar-refractivity contribution in [2.45, 2.75) is 20.0 Å². The van der Waals surface area contributed by atoms with Crippen LogP contribution in [0.5, 0.6) is 11.5 Å². The fourth-order valence-corrected chi connectivity index (χ4v) is 2.11. The molecule has 0 atom stereocenters. The molecule has 0 aliphatic carbocycles. The number of para-hydroxylation sites is 1. The number of hydrogen-bond donors (Lipinski definition) is 1. The zero-order chi connectivity index (χ0) is 15.2. The summed E-state index contributed by atoms with van der Waals surface area (Å²) >= 11 is 0. The van der Waals surface area contributed by atoms with Crippen molar-refractivity contribution in [2.75, 3.05) is 13.7 Å². The molecule has 5 heteroatoms. The molecule has 0 bridgehead atoms. The van der Waals surface area contributed by atoms with E-state index < -0.39 is 0 Å². The van der Waals surface area contributed by atoms with Crippen molar-refractivity contribution in [3.8, 4) is 11.5 Å². The molecular formula is C16H19FN2O2. The van der Waals surface area contributed by atoms with Crippen molar-refractivity contribution in [1.82, 2.24) is 4.98 Å². The number of pyridine rings is 1. The van der Waals surface area contributed by atoms with Crippen LogP contribution in [0, 0.1) is 12.7 Å². The Balaban J connectivity index is 2.18. The number of methoxy groups -OCH3 is 1. The fraction of sp³-hybridized carbons (Fsp3) is 0.312. The molecule has 1 aromatic heterocycles. The number of aryl methyl sites for hydroxylation is 1. The largest absolute Gasteiger partial charge is 0.497 e. The predicted octanol–water partition coefficient (Wildman–Crippen LogP) is 2.62. The van der Waals surface area contributed by atoms with E-state index in [0.29, 0.717) is 24.4 Å². The van der Waals surface area contributed by atoms with E-state index in [1.807, 2.05) is 19.1 Å². The van der Waals surface area contributed by atoms with Gasteiger partial charge in [-0.3, -0.25) is 4.98 Å². The van der Waals surface area contributed by atoms with Crippen molar-refractivity contribution in [2.24, 2.45) is 5.73 Å². The van der Waals surface area contributed by atoms with Crippen LogP contribution in [0.1, 0.15) is 17.0 Å². The van der Waals surface area contributed by atoms with Gasteiger partial charge >= 0.3 is 0 Å². The number of hydrogen-bond acceptors (Lipinski definition) is 4. The van der Waals surface area contributed by atoms with E-state index in [1.165, 1.54) is 6.07 Å². The topological polar surface area (TPSA) is 57.4 Å². The molecule has 112 valence electrons. The van der Waals surface area contributed by atoms with E-state index in [0.717, 1.165) is 11.3 Å². The maximum atomic E-state index is 13.9. The minimum atomic E-state index is -0.388. The number of rotatable bonds is 6. The van der Waals surface area contributed by atoms with E-state index in [1.54, 1.807) is 19.2 Å². The lowest BCUT2D eigenvalue weighted by molar-refractivity contribution is 0.281. The van der Waals surface area contributed by atoms with E-state index in [-0.39, 0.29) is 18.2 Å². The van der Waals surface area contributed by atoms with Crippen LogP contribution in [0.4, 0.5) is 4.39 Å². The van der Waals surface area contributed by atoms with Crippen molar-refractivity contribution in [3.05, 3.63) is 53.1 Å². The first-order valence-corrected chi connectivity index (χ1v) is 6.76. The first-order valence-electron chi connectivity index (χ1n) is 6.76. The van der Waals surface area contributed by atoms with Crippen LogP contribution < -0.4 is 15.2 Å². The number of nitrogens with two attached hydrogens (primary N) is 1. The van der Waals surface area contributed by atoms with Gasteiger partial charge in [-0.2, -0.15) is 0 Å². The van der Waals surface area contributed by atoms with Crippen LogP contribution in [0.25, 0.3) is 0 Å². The second kappa shape index (κ2) is 7.04. The van der Waals surface area contributed by atoms with Gasteiger partial charge in [-0.15, -0.1) is 0 Å². The van der Waals surface area contributed by atoms with Crippen molar-refractivity contribution < 1.29 is 13.9 Å². The number of aromatic nitrogens is 1. The average Bonchev–Trinajstić information content (AvgIpc) is 2.46. The van der Waals surface area contributed by atoms with E-state index in [2.05, 4.69) is 4.98 Å². The molecule has 2 N–H and O–H groups in total. The summed E-state index contributed by atoms with van der Waals surface area (Å²) in [4.78, 5) is 4.35. The summed E-state index contributed by atoms with van der Waals surface area (Å²) in [6.45, 7) is 2.49. The Bertz CT molecular complexity index is 617. The van der Waals surface area contributed by atoms with Gasteiger partial charge in [0.05, 0.1) is 12.8 Å². The van der Waals surface area contributed by atoms with E-state index >= 15 is 0 Å². The third-order valence-corrected chi connectivity index (χ3v) is 3.04. The van der Waals surface area contributed by atoms with Crippen molar-refractivity contribution >= 4 is 0 Å². The Labute approximate surface area is 123 Å². The van der Waals surface area contributed by atoms with Gasteiger partial charge in [-0.25, -0.2) is 4.39 Å². The van der Waals surface area contributed by atoms with Gasteiger partial charge in [-0.1, -0.05) is 12.1 Å². The molecule has 2 aromatic rings. The van der Waals surface area contributed by atoms with Gasteiger partial charge < -0.3 is 15.2 Å². The van der Waals surface area contributed by atoms with Crippen molar-refractivity contribution in [1.29, 1.82) is 0 Å².